The summed E-state index contributed by atoms with van der Waals surface area (Å²) in [5.74, 6) is -0.162. The van der Waals surface area contributed by atoms with Crippen LogP contribution in [0.15, 0.2) is 46.3 Å². The molecule has 1 aliphatic rings. The molecule has 1 heterocycles. The first-order valence-corrected chi connectivity index (χ1v) is 5.15. The van der Waals surface area contributed by atoms with Gasteiger partial charge < -0.3 is 10.8 Å². The molecule has 0 amide bonds. The van der Waals surface area contributed by atoms with Crippen molar-refractivity contribution in [2.75, 3.05) is 0 Å². The van der Waals surface area contributed by atoms with E-state index < -0.39 is 0 Å². The third kappa shape index (κ3) is 2.14. The van der Waals surface area contributed by atoms with Gasteiger partial charge in [0, 0.05) is 5.02 Å². The second-order valence-corrected chi connectivity index (χ2v) is 3.85. The summed E-state index contributed by atoms with van der Waals surface area (Å²) in [5.41, 5.74) is 6.59. The van der Waals surface area contributed by atoms with Crippen molar-refractivity contribution in [3.63, 3.8) is 0 Å². The predicted molar refractivity (Wildman–Crippen MR) is 66.3 cm³/mol. The van der Waals surface area contributed by atoms with Crippen molar-refractivity contribution in [2.45, 2.75) is 0 Å². The van der Waals surface area contributed by atoms with Crippen LogP contribution in [0, 0.1) is 11.3 Å². The summed E-state index contributed by atoms with van der Waals surface area (Å²) in [6, 6.07) is 8.80. The third-order valence-electron chi connectivity index (χ3n) is 2.26. The van der Waals surface area contributed by atoms with Crippen LogP contribution in [-0.2, 0) is 0 Å². The van der Waals surface area contributed by atoms with Gasteiger partial charge in [0.1, 0.15) is 23.2 Å². The van der Waals surface area contributed by atoms with Gasteiger partial charge in [-0.2, -0.15) is 5.26 Å². The van der Waals surface area contributed by atoms with Gasteiger partial charge in [0.05, 0.1) is 0 Å². The van der Waals surface area contributed by atoms with E-state index in [1.165, 1.54) is 0 Å². The summed E-state index contributed by atoms with van der Waals surface area (Å²) in [7, 11) is 0. The highest BCUT2D eigenvalue weighted by Gasteiger charge is 2.20. The van der Waals surface area contributed by atoms with Crippen LogP contribution in [-0.4, -0.2) is 10.9 Å². The summed E-state index contributed by atoms with van der Waals surface area (Å²) in [6.07, 6.45) is 1.63. The number of nitrogens with two attached hydrogens (primary N) is 1. The molecule has 17 heavy (non-hydrogen) atoms. The van der Waals surface area contributed by atoms with Gasteiger partial charge in [0.25, 0.3) is 0 Å². The maximum Gasteiger partial charge on any atom is 0.162 e. The fraction of sp³-hybridized carbons (Fsp3) is 0. The molecule has 2 rings (SSSR count). The lowest BCUT2D eigenvalue weighted by atomic mass is 10.1. The van der Waals surface area contributed by atoms with E-state index in [0.29, 0.717) is 5.02 Å². The van der Waals surface area contributed by atoms with Crippen LogP contribution in [0.1, 0.15) is 5.56 Å². The Labute approximate surface area is 103 Å². The summed E-state index contributed by atoms with van der Waals surface area (Å²) < 4.78 is 0. The van der Waals surface area contributed by atoms with Crippen LogP contribution in [0.25, 0.3) is 6.08 Å². The Balaban J connectivity index is 2.41. The lowest BCUT2D eigenvalue weighted by molar-refractivity contribution is 0.424. The van der Waals surface area contributed by atoms with Crippen LogP contribution in [0.5, 0.6) is 0 Å². The van der Waals surface area contributed by atoms with Crippen molar-refractivity contribution < 1.29 is 5.11 Å². The smallest absolute Gasteiger partial charge is 0.162 e. The number of nitriles is 1. The number of rotatable bonds is 1. The fourth-order valence-electron chi connectivity index (χ4n) is 1.42. The second kappa shape index (κ2) is 4.32. The van der Waals surface area contributed by atoms with Crippen LogP contribution in [0.2, 0.25) is 5.02 Å². The van der Waals surface area contributed by atoms with E-state index in [-0.39, 0.29) is 22.9 Å². The normalized spacial score (nSPS) is 17.2. The SMILES string of the molecule is N#CC1=C(O)/C(=C\c2ccc(Cl)cc2)N=C1N. The summed E-state index contributed by atoms with van der Waals surface area (Å²) >= 11 is 5.76. The molecule has 0 saturated heterocycles. The minimum Gasteiger partial charge on any atom is -0.504 e. The van der Waals surface area contributed by atoms with E-state index in [0.717, 1.165) is 5.56 Å². The topological polar surface area (TPSA) is 82.4 Å². The van der Waals surface area contributed by atoms with Gasteiger partial charge in [0.15, 0.2) is 5.76 Å². The zero-order valence-corrected chi connectivity index (χ0v) is 9.44. The first kappa shape index (κ1) is 11.2. The van der Waals surface area contributed by atoms with Gasteiger partial charge >= 0.3 is 0 Å². The molecule has 5 heteroatoms. The standard InChI is InChI=1S/C12H8ClN3O/c13-8-3-1-7(2-4-8)5-10-11(17)9(6-14)12(15)16-10/h1-5,17H,(H2,15,16)/b10-5+. The van der Waals surface area contributed by atoms with Crippen molar-refractivity contribution in [1.29, 1.82) is 5.26 Å². The molecule has 1 aromatic rings. The number of aliphatic imine (C=N–C) groups is 1. The molecule has 0 radical (unpaired) electrons. The largest absolute Gasteiger partial charge is 0.504 e. The average molecular weight is 246 g/mol. The van der Waals surface area contributed by atoms with Crippen molar-refractivity contribution in [1.82, 2.24) is 0 Å². The van der Waals surface area contributed by atoms with Crippen LogP contribution < -0.4 is 5.73 Å². The van der Waals surface area contributed by atoms with E-state index in [9.17, 15) is 5.11 Å². The lowest BCUT2D eigenvalue weighted by Gasteiger charge is -1.97. The molecule has 4 nitrogen and oxygen atoms in total. The number of halogens is 1. The van der Waals surface area contributed by atoms with E-state index in [4.69, 9.17) is 22.6 Å². The van der Waals surface area contributed by atoms with Gasteiger partial charge in [-0.1, -0.05) is 23.7 Å². The molecule has 1 aliphatic heterocycles. The Hall–Kier alpha value is -2.25. The number of hydrogen-bond acceptors (Lipinski definition) is 4. The quantitative estimate of drug-likeness (QED) is 0.797. The predicted octanol–water partition coefficient (Wildman–Crippen LogP) is 2.39. The van der Waals surface area contributed by atoms with Crippen molar-refractivity contribution in [3.05, 3.63) is 51.9 Å². The zero-order chi connectivity index (χ0) is 12.4. The van der Waals surface area contributed by atoms with Gasteiger partial charge in [-0.15, -0.1) is 0 Å². The van der Waals surface area contributed by atoms with E-state index in [1.807, 2.05) is 0 Å². The fourth-order valence-corrected chi connectivity index (χ4v) is 1.54. The molecular formula is C12H8ClN3O. The molecule has 0 atom stereocenters. The summed E-state index contributed by atoms with van der Waals surface area (Å²) in [4.78, 5) is 3.92. The summed E-state index contributed by atoms with van der Waals surface area (Å²) in [5, 5.41) is 19.1. The third-order valence-corrected chi connectivity index (χ3v) is 2.51. The number of nitrogens with zero attached hydrogens (tertiary/aromatic N) is 2. The maximum absolute atomic E-state index is 9.70. The number of amidine groups is 1. The van der Waals surface area contributed by atoms with Crippen LogP contribution in [0.4, 0.5) is 0 Å². The molecular weight excluding hydrogens is 238 g/mol. The molecule has 3 N–H and O–H groups in total. The minimum atomic E-state index is -0.194. The second-order valence-electron chi connectivity index (χ2n) is 3.41. The first-order valence-electron chi connectivity index (χ1n) is 4.77. The molecule has 0 spiro atoms. The number of benzene rings is 1. The molecule has 1 aromatic carbocycles. The Kier molecular flexibility index (Phi) is 2.86. The number of hydrogen-bond donors (Lipinski definition) is 2. The van der Waals surface area contributed by atoms with E-state index in [1.54, 1.807) is 36.4 Å². The monoisotopic (exact) mass is 245 g/mol. The van der Waals surface area contributed by atoms with Crippen molar-refractivity contribution in [3.8, 4) is 6.07 Å². The van der Waals surface area contributed by atoms with Gasteiger partial charge in [-0.3, -0.25) is 0 Å². The molecule has 0 aliphatic carbocycles. The Morgan fingerprint density at radius 3 is 2.53 bits per heavy atom. The average Bonchev–Trinajstić information content (AvgIpc) is 2.57. The van der Waals surface area contributed by atoms with Gasteiger partial charge in [-0.05, 0) is 23.8 Å². The molecule has 0 bridgehead atoms. The number of aliphatic hydroxyl groups is 1. The van der Waals surface area contributed by atoms with Gasteiger partial charge in [0.2, 0.25) is 0 Å². The number of aliphatic hydroxyl groups excluding tert-OH is 1. The van der Waals surface area contributed by atoms with E-state index >= 15 is 0 Å². The van der Waals surface area contributed by atoms with Crippen molar-refractivity contribution >= 4 is 23.5 Å². The van der Waals surface area contributed by atoms with Crippen LogP contribution in [0.3, 0.4) is 0 Å². The highest BCUT2D eigenvalue weighted by molar-refractivity contribution is 6.30. The zero-order valence-electron chi connectivity index (χ0n) is 8.68. The van der Waals surface area contributed by atoms with Gasteiger partial charge in [-0.25, -0.2) is 4.99 Å². The first-order chi connectivity index (χ1) is 8.11. The Morgan fingerprint density at radius 2 is 2.00 bits per heavy atom. The molecule has 0 aromatic heterocycles. The lowest BCUT2D eigenvalue weighted by Crippen LogP contribution is -2.10. The molecule has 0 saturated carbocycles. The van der Waals surface area contributed by atoms with E-state index in [2.05, 4.69) is 4.99 Å². The highest BCUT2D eigenvalue weighted by Crippen LogP contribution is 2.23. The summed E-state index contributed by atoms with van der Waals surface area (Å²) in [6.45, 7) is 0. The molecule has 0 fully saturated rings. The minimum absolute atomic E-state index is 0.00483. The molecule has 0 unspecified atom stereocenters. The Morgan fingerprint density at radius 1 is 1.35 bits per heavy atom. The molecule has 84 valence electrons. The van der Waals surface area contributed by atoms with Crippen LogP contribution >= 0.6 is 11.6 Å². The maximum atomic E-state index is 9.70. The highest BCUT2D eigenvalue weighted by atomic mass is 35.5. The van der Waals surface area contributed by atoms with Crippen molar-refractivity contribution in [2.24, 2.45) is 10.7 Å². The Bertz CT molecular complexity index is 591.